The van der Waals surface area contributed by atoms with Gasteiger partial charge < -0.3 is 20.5 Å². The second-order valence-electron chi connectivity index (χ2n) is 6.50. The molecule has 0 bridgehead atoms. The normalized spacial score (nSPS) is 13.8. The lowest BCUT2D eigenvalue weighted by atomic mass is 9.88. The van der Waals surface area contributed by atoms with Crippen LogP contribution in [-0.2, 0) is 25.9 Å². The van der Waals surface area contributed by atoms with Crippen LogP contribution in [0.25, 0.3) is 0 Å². The summed E-state index contributed by atoms with van der Waals surface area (Å²) in [5.74, 6) is 1.91. The third-order valence-electron chi connectivity index (χ3n) is 4.92. The Morgan fingerprint density at radius 3 is 2.65 bits per heavy atom. The highest BCUT2D eigenvalue weighted by Gasteiger charge is 2.16. The predicted molar refractivity (Wildman–Crippen MR) is 105 cm³/mol. The largest absolute Gasteiger partial charge is 0.508 e. The molecule has 0 atom stereocenters. The van der Waals surface area contributed by atoms with Gasteiger partial charge in [-0.3, -0.25) is 4.99 Å². The van der Waals surface area contributed by atoms with E-state index in [9.17, 15) is 5.11 Å². The Kier molecular flexibility index (Phi) is 6.00. The number of benzene rings is 2. The Morgan fingerprint density at radius 1 is 1.08 bits per heavy atom. The number of phenolic OH excluding ortho intramolecular Hbond substituents is 1. The van der Waals surface area contributed by atoms with Crippen LogP contribution in [0.15, 0.2) is 41.4 Å². The molecule has 1 aliphatic carbocycles. The smallest absolute Gasteiger partial charge is 0.191 e. The van der Waals surface area contributed by atoms with Crippen molar-refractivity contribution in [1.29, 1.82) is 0 Å². The van der Waals surface area contributed by atoms with Gasteiger partial charge in [0.15, 0.2) is 5.96 Å². The van der Waals surface area contributed by atoms with Crippen molar-refractivity contribution < 1.29 is 9.84 Å². The Bertz CT molecular complexity index is 787. The molecule has 5 heteroatoms. The fourth-order valence-corrected chi connectivity index (χ4v) is 3.51. The molecule has 5 nitrogen and oxygen atoms in total. The molecule has 2 aromatic carbocycles. The quantitative estimate of drug-likeness (QED) is 0.571. The third-order valence-corrected chi connectivity index (χ3v) is 4.92. The zero-order valence-electron chi connectivity index (χ0n) is 15.5. The van der Waals surface area contributed by atoms with Crippen molar-refractivity contribution in [3.05, 3.63) is 58.7 Å². The minimum Gasteiger partial charge on any atom is -0.508 e. The molecule has 0 heterocycles. The second kappa shape index (κ2) is 8.61. The van der Waals surface area contributed by atoms with Gasteiger partial charge in [-0.15, -0.1) is 0 Å². The summed E-state index contributed by atoms with van der Waals surface area (Å²) in [4.78, 5) is 4.29. The lowest BCUT2D eigenvalue weighted by molar-refractivity contribution is 0.409. The summed E-state index contributed by atoms with van der Waals surface area (Å²) < 4.78 is 5.39. The number of phenols is 1. The van der Waals surface area contributed by atoms with Crippen molar-refractivity contribution >= 4 is 5.96 Å². The number of hydrogen-bond acceptors (Lipinski definition) is 3. The Balaban J connectivity index is 1.65. The number of fused-ring (bicyclic) bond motifs is 1. The molecule has 2 aromatic rings. The molecule has 0 amide bonds. The highest BCUT2D eigenvalue weighted by atomic mass is 16.5. The summed E-state index contributed by atoms with van der Waals surface area (Å²) in [7, 11) is 3.42. The molecule has 3 rings (SSSR count). The predicted octanol–water partition coefficient (Wildman–Crippen LogP) is 3.14. The van der Waals surface area contributed by atoms with Crippen molar-refractivity contribution in [2.24, 2.45) is 4.99 Å². The number of aromatic hydroxyl groups is 1. The maximum atomic E-state index is 10.3. The van der Waals surface area contributed by atoms with Gasteiger partial charge in [0.05, 0.1) is 7.11 Å². The van der Waals surface area contributed by atoms with Crippen LogP contribution in [0.3, 0.4) is 0 Å². The number of para-hydroxylation sites is 1. The number of methoxy groups -OCH3 is 1. The molecule has 0 radical (unpaired) electrons. The SMILES string of the molecule is CN=C(NCc1ccccc1OC)NCc1c(O)ccc2c1CCCC2. The van der Waals surface area contributed by atoms with Crippen LogP contribution < -0.4 is 15.4 Å². The topological polar surface area (TPSA) is 65.9 Å². The molecule has 0 unspecified atom stereocenters. The number of aliphatic imine (C=N–C) groups is 1. The molecule has 3 N–H and O–H groups in total. The number of guanidine groups is 1. The standard InChI is InChI=1S/C21H27N3O2/c1-22-21(23-13-16-8-4-6-10-20(16)26-2)24-14-18-17-9-5-3-7-15(17)11-12-19(18)25/h4,6,8,10-12,25H,3,5,7,9,13-14H2,1-2H3,(H2,22,23,24). The fraction of sp³-hybridized carbons (Fsp3) is 0.381. The molecule has 0 aromatic heterocycles. The van der Waals surface area contributed by atoms with Gasteiger partial charge in [0.1, 0.15) is 11.5 Å². The number of ether oxygens (including phenoxy) is 1. The summed E-state index contributed by atoms with van der Waals surface area (Å²) in [6, 6.07) is 11.8. The van der Waals surface area contributed by atoms with Crippen LogP contribution >= 0.6 is 0 Å². The van der Waals surface area contributed by atoms with Gasteiger partial charge >= 0.3 is 0 Å². The van der Waals surface area contributed by atoms with Crippen molar-refractivity contribution in [3.8, 4) is 11.5 Å². The maximum Gasteiger partial charge on any atom is 0.191 e. The summed E-state index contributed by atoms with van der Waals surface area (Å²) in [5, 5.41) is 16.9. The van der Waals surface area contributed by atoms with Crippen LogP contribution in [0, 0.1) is 0 Å². The fourth-order valence-electron chi connectivity index (χ4n) is 3.51. The summed E-state index contributed by atoms with van der Waals surface area (Å²) in [6.45, 7) is 1.17. The van der Waals surface area contributed by atoms with Crippen molar-refractivity contribution in [1.82, 2.24) is 10.6 Å². The van der Waals surface area contributed by atoms with E-state index in [1.807, 2.05) is 30.3 Å². The first-order valence-corrected chi connectivity index (χ1v) is 9.12. The zero-order valence-corrected chi connectivity index (χ0v) is 15.5. The summed E-state index contributed by atoms with van der Waals surface area (Å²) in [6.07, 6.45) is 4.55. The Labute approximate surface area is 155 Å². The highest BCUT2D eigenvalue weighted by molar-refractivity contribution is 5.79. The van der Waals surface area contributed by atoms with Crippen molar-refractivity contribution in [2.45, 2.75) is 38.8 Å². The monoisotopic (exact) mass is 353 g/mol. The van der Waals surface area contributed by atoms with Crippen molar-refractivity contribution in [3.63, 3.8) is 0 Å². The van der Waals surface area contributed by atoms with Gasteiger partial charge in [-0.05, 0) is 48.9 Å². The lowest BCUT2D eigenvalue weighted by Gasteiger charge is -2.21. The first-order valence-electron chi connectivity index (χ1n) is 9.12. The van der Waals surface area contributed by atoms with Gasteiger partial charge in [-0.25, -0.2) is 0 Å². The van der Waals surface area contributed by atoms with Gasteiger partial charge in [0, 0.05) is 31.3 Å². The zero-order chi connectivity index (χ0) is 18.4. The van der Waals surface area contributed by atoms with E-state index in [1.54, 1.807) is 14.2 Å². The van der Waals surface area contributed by atoms with Crippen LogP contribution in [0.5, 0.6) is 11.5 Å². The average molecular weight is 353 g/mol. The van der Waals surface area contributed by atoms with Gasteiger partial charge in [-0.2, -0.15) is 0 Å². The van der Waals surface area contributed by atoms with E-state index in [0.717, 1.165) is 29.7 Å². The molecule has 138 valence electrons. The van der Waals surface area contributed by atoms with Crippen LogP contribution in [0.4, 0.5) is 0 Å². The Morgan fingerprint density at radius 2 is 1.85 bits per heavy atom. The molecule has 26 heavy (non-hydrogen) atoms. The van der Waals surface area contributed by atoms with Gasteiger partial charge in [-0.1, -0.05) is 24.3 Å². The van der Waals surface area contributed by atoms with E-state index in [1.165, 1.54) is 24.0 Å². The lowest BCUT2D eigenvalue weighted by Crippen LogP contribution is -2.36. The first kappa shape index (κ1) is 18.1. The van der Waals surface area contributed by atoms with Crippen LogP contribution in [-0.4, -0.2) is 25.2 Å². The number of hydrogen-bond donors (Lipinski definition) is 3. The van der Waals surface area contributed by atoms with E-state index in [2.05, 4.69) is 21.7 Å². The van der Waals surface area contributed by atoms with Gasteiger partial charge in [0.2, 0.25) is 0 Å². The number of aryl methyl sites for hydroxylation is 1. The molecule has 1 aliphatic rings. The van der Waals surface area contributed by atoms with Crippen molar-refractivity contribution in [2.75, 3.05) is 14.2 Å². The molecule has 0 saturated carbocycles. The summed E-state index contributed by atoms with van der Waals surface area (Å²) in [5.41, 5.74) is 4.71. The first-order chi connectivity index (χ1) is 12.7. The van der Waals surface area contributed by atoms with E-state index in [0.29, 0.717) is 24.8 Å². The van der Waals surface area contributed by atoms with Crippen LogP contribution in [0.1, 0.15) is 35.1 Å². The Hall–Kier alpha value is -2.69. The number of rotatable bonds is 5. The van der Waals surface area contributed by atoms with E-state index >= 15 is 0 Å². The van der Waals surface area contributed by atoms with E-state index in [4.69, 9.17) is 4.74 Å². The molecule has 0 fully saturated rings. The molecule has 0 aliphatic heterocycles. The highest BCUT2D eigenvalue weighted by Crippen LogP contribution is 2.30. The number of nitrogens with zero attached hydrogens (tertiary/aromatic N) is 1. The van der Waals surface area contributed by atoms with Gasteiger partial charge in [0.25, 0.3) is 0 Å². The minimum atomic E-state index is 0.360. The second-order valence-corrected chi connectivity index (χ2v) is 6.50. The average Bonchev–Trinajstić information content (AvgIpc) is 2.69. The number of nitrogens with one attached hydrogen (secondary N) is 2. The maximum absolute atomic E-state index is 10.3. The van der Waals surface area contributed by atoms with Crippen LogP contribution in [0.2, 0.25) is 0 Å². The van der Waals surface area contributed by atoms with E-state index < -0.39 is 0 Å². The molecule has 0 saturated heterocycles. The molecule has 0 spiro atoms. The third kappa shape index (κ3) is 4.10. The molecular weight excluding hydrogens is 326 g/mol. The van der Waals surface area contributed by atoms with E-state index in [-0.39, 0.29) is 0 Å². The summed E-state index contributed by atoms with van der Waals surface area (Å²) >= 11 is 0. The molecular formula is C21H27N3O2. The minimum absolute atomic E-state index is 0.360.